The third-order valence-electron chi connectivity index (χ3n) is 5.81. The summed E-state index contributed by atoms with van der Waals surface area (Å²) in [6.07, 6.45) is 3.65. The number of phenolic OH excluding ortho intramolecular Hbond substituents is 1. The zero-order valence-corrected chi connectivity index (χ0v) is 21.6. The normalized spacial score (nSPS) is 12.9. The van der Waals surface area contributed by atoms with Gasteiger partial charge in [0.15, 0.2) is 0 Å². The Kier molecular flexibility index (Phi) is 11.2. The third-order valence-corrected chi connectivity index (χ3v) is 6.74. The van der Waals surface area contributed by atoms with Crippen LogP contribution in [-0.4, -0.2) is 61.1 Å². The van der Waals surface area contributed by atoms with Gasteiger partial charge < -0.3 is 25.5 Å². The van der Waals surface area contributed by atoms with Gasteiger partial charge in [-0.05, 0) is 43.2 Å². The number of pyridine rings is 1. The number of aromatic nitrogens is 1. The lowest BCUT2D eigenvalue weighted by Gasteiger charge is -2.29. The molecule has 2 atom stereocenters. The van der Waals surface area contributed by atoms with E-state index in [0.717, 1.165) is 25.3 Å². The molecule has 0 radical (unpaired) electrons. The number of benzene rings is 1. The lowest BCUT2D eigenvalue weighted by Crippen LogP contribution is -2.47. The van der Waals surface area contributed by atoms with Gasteiger partial charge in [-0.1, -0.05) is 39.2 Å². The molecule has 13 heteroatoms. The van der Waals surface area contributed by atoms with Gasteiger partial charge in [-0.2, -0.15) is 0 Å². The Bertz CT molecular complexity index is 1140. The fourth-order valence-electron chi connectivity index (χ4n) is 3.91. The molecule has 12 nitrogen and oxygen atoms in total. The van der Waals surface area contributed by atoms with E-state index in [4.69, 9.17) is 0 Å². The first-order chi connectivity index (χ1) is 17.5. The van der Waals surface area contributed by atoms with E-state index in [1.165, 1.54) is 30.3 Å². The highest BCUT2D eigenvalue weighted by atomic mass is 31.2. The van der Waals surface area contributed by atoms with Crippen molar-refractivity contribution >= 4 is 31.1 Å². The van der Waals surface area contributed by atoms with Gasteiger partial charge in [0.2, 0.25) is 12.3 Å². The third kappa shape index (κ3) is 8.64. The lowest BCUT2D eigenvalue weighted by molar-refractivity contribution is -0.168. The molecule has 1 heterocycles. The Morgan fingerprint density at radius 3 is 2.49 bits per heavy atom. The van der Waals surface area contributed by atoms with E-state index in [0.29, 0.717) is 17.9 Å². The van der Waals surface area contributed by atoms with Crippen LogP contribution in [0.4, 0.5) is 0 Å². The molecule has 6 N–H and O–H groups in total. The molecule has 2 aromatic rings. The van der Waals surface area contributed by atoms with Crippen LogP contribution in [-0.2, 0) is 14.2 Å². The summed E-state index contributed by atoms with van der Waals surface area (Å²) < 4.78 is 11.6. The van der Waals surface area contributed by atoms with E-state index in [1.807, 2.05) is 6.92 Å². The van der Waals surface area contributed by atoms with Crippen LogP contribution >= 0.6 is 7.60 Å². The molecule has 37 heavy (non-hydrogen) atoms. The second kappa shape index (κ2) is 13.8. The highest BCUT2D eigenvalue weighted by Gasteiger charge is 2.30. The van der Waals surface area contributed by atoms with E-state index in [2.05, 4.69) is 15.6 Å². The summed E-state index contributed by atoms with van der Waals surface area (Å²) in [6.45, 7) is 3.55. The average molecular weight is 537 g/mol. The number of nitrogens with one attached hydrogen (secondary N) is 2. The second-order valence-electron chi connectivity index (χ2n) is 8.48. The average Bonchev–Trinajstić information content (AvgIpc) is 2.87. The molecular formula is C24H33N4O8P. The van der Waals surface area contributed by atoms with Crippen molar-refractivity contribution in [2.45, 2.75) is 52.0 Å². The van der Waals surface area contributed by atoms with Crippen LogP contribution in [0.5, 0.6) is 5.75 Å². The van der Waals surface area contributed by atoms with Gasteiger partial charge in [0, 0.05) is 5.56 Å². The number of aromatic hydroxyl groups is 1. The molecule has 1 aromatic heterocycles. The van der Waals surface area contributed by atoms with Gasteiger partial charge in [-0.25, -0.2) is 10.0 Å². The maximum atomic E-state index is 12.8. The first-order valence-corrected chi connectivity index (χ1v) is 13.5. The molecule has 3 amide bonds. The van der Waals surface area contributed by atoms with E-state index in [-0.39, 0.29) is 35.8 Å². The van der Waals surface area contributed by atoms with Crippen molar-refractivity contribution in [3.05, 3.63) is 42.1 Å². The maximum Gasteiger partial charge on any atom is 0.356 e. The zero-order chi connectivity index (χ0) is 27.6. The van der Waals surface area contributed by atoms with Crippen LogP contribution in [0.2, 0.25) is 0 Å². The number of hydrogen-bond donors (Lipinski definition) is 6. The first-order valence-electron chi connectivity index (χ1n) is 11.9. The van der Waals surface area contributed by atoms with Crippen LogP contribution in [0.25, 0.3) is 11.3 Å². The van der Waals surface area contributed by atoms with Gasteiger partial charge in [-0.3, -0.25) is 24.2 Å². The van der Waals surface area contributed by atoms with Crippen LogP contribution < -0.4 is 15.9 Å². The van der Waals surface area contributed by atoms with Gasteiger partial charge in [0.05, 0.1) is 29.6 Å². The Balaban J connectivity index is 2.10. The molecule has 0 fully saturated rings. The predicted molar refractivity (Wildman–Crippen MR) is 135 cm³/mol. The Morgan fingerprint density at radius 2 is 1.86 bits per heavy atom. The fraction of sp³-hybridized carbons (Fsp3) is 0.417. The Labute approximate surface area is 214 Å². The monoisotopic (exact) mass is 536 g/mol. The van der Waals surface area contributed by atoms with Crippen LogP contribution in [0.1, 0.15) is 56.4 Å². The minimum Gasteiger partial charge on any atom is -0.508 e. The lowest BCUT2D eigenvalue weighted by atomic mass is 9.90. The Hall–Kier alpha value is -3.31. The number of unbranched alkanes of at least 4 members (excludes halogenated alkanes) is 2. The topological polar surface area (TPSA) is 189 Å². The first kappa shape index (κ1) is 29.9. The molecule has 0 saturated carbocycles. The molecule has 2 rings (SSSR count). The molecule has 0 aliphatic heterocycles. The van der Waals surface area contributed by atoms with Crippen LogP contribution in [0.3, 0.4) is 0 Å². The minimum absolute atomic E-state index is 0.0266. The van der Waals surface area contributed by atoms with Crippen molar-refractivity contribution in [3.8, 4) is 17.0 Å². The molecule has 202 valence electrons. The fourth-order valence-corrected chi connectivity index (χ4v) is 4.52. The Morgan fingerprint density at radius 1 is 1.14 bits per heavy atom. The molecular weight excluding hydrogens is 503 g/mol. The van der Waals surface area contributed by atoms with Gasteiger partial charge >= 0.3 is 7.60 Å². The zero-order valence-electron chi connectivity index (χ0n) is 20.7. The van der Waals surface area contributed by atoms with E-state index in [1.54, 1.807) is 6.92 Å². The van der Waals surface area contributed by atoms with Crippen molar-refractivity contribution < 1.29 is 39.0 Å². The molecule has 0 aliphatic carbocycles. The van der Waals surface area contributed by atoms with Crippen molar-refractivity contribution in [2.75, 3.05) is 6.67 Å². The highest BCUT2D eigenvalue weighted by molar-refractivity contribution is 7.60. The highest BCUT2D eigenvalue weighted by Crippen LogP contribution is 2.36. The number of rotatable bonds is 14. The second-order valence-corrected chi connectivity index (χ2v) is 10.1. The standard InChI is InChI=1S/C24H33N4O8P/c1-3-5-6-8-19(22(4-2)28(33)15-29)23(31)25-14-26-24(32)21-10-7-9-20(27-21)16-11-17(30)13-18(12-16)37(34,35)36/h7,9-13,15,19,22,30,33H,3-6,8,14H2,1-2H3,(H,25,31)(H,26,32)(H2,34,35,36)/t19-,22-/m1/s1. The molecule has 0 unspecified atom stereocenters. The predicted octanol–water partition coefficient (Wildman–Crippen LogP) is 1.88. The number of carbonyl (C=O) groups is 3. The number of phenols is 1. The maximum absolute atomic E-state index is 12.8. The number of hydroxylamine groups is 2. The molecule has 0 bridgehead atoms. The summed E-state index contributed by atoms with van der Waals surface area (Å²) in [5.41, 5.74) is 0.368. The van der Waals surface area contributed by atoms with E-state index < -0.39 is 36.7 Å². The number of nitrogens with zero attached hydrogens (tertiary/aromatic N) is 2. The molecule has 1 aromatic carbocycles. The summed E-state index contributed by atoms with van der Waals surface area (Å²) in [4.78, 5) is 59.6. The largest absolute Gasteiger partial charge is 0.508 e. The van der Waals surface area contributed by atoms with E-state index in [9.17, 15) is 39.0 Å². The number of hydrogen-bond acceptors (Lipinski definition) is 7. The van der Waals surface area contributed by atoms with Gasteiger partial charge in [0.25, 0.3) is 5.91 Å². The summed E-state index contributed by atoms with van der Waals surface area (Å²) in [6, 6.07) is 7.13. The number of amides is 3. The summed E-state index contributed by atoms with van der Waals surface area (Å²) in [5, 5.41) is 25.0. The van der Waals surface area contributed by atoms with Crippen molar-refractivity contribution in [2.24, 2.45) is 5.92 Å². The SMILES string of the molecule is CCCCC[C@@H](C(=O)NCNC(=O)c1cccc(-c2cc(O)cc(P(=O)(O)O)c2)n1)[C@@H](CC)N(O)C=O. The van der Waals surface area contributed by atoms with Gasteiger partial charge in [0.1, 0.15) is 11.4 Å². The van der Waals surface area contributed by atoms with Crippen molar-refractivity contribution in [3.63, 3.8) is 0 Å². The summed E-state index contributed by atoms with van der Waals surface area (Å²) in [7, 11) is -4.63. The van der Waals surface area contributed by atoms with Crippen molar-refractivity contribution in [1.29, 1.82) is 0 Å². The molecule has 0 spiro atoms. The quantitative estimate of drug-likeness (QED) is 0.0523. The number of carbonyl (C=O) groups excluding carboxylic acids is 3. The molecule has 0 saturated heterocycles. The summed E-state index contributed by atoms with van der Waals surface area (Å²) >= 11 is 0. The van der Waals surface area contributed by atoms with E-state index >= 15 is 0 Å². The summed E-state index contributed by atoms with van der Waals surface area (Å²) in [5.74, 6) is -2.08. The smallest absolute Gasteiger partial charge is 0.356 e. The van der Waals surface area contributed by atoms with Crippen molar-refractivity contribution in [1.82, 2.24) is 20.7 Å². The minimum atomic E-state index is -4.63. The van der Waals surface area contributed by atoms with Crippen LogP contribution in [0.15, 0.2) is 36.4 Å². The molecule has 0 aliphatic rings. The van der Waals surface area contributed by atoms with Gasteiger partial charge in [-0.15, -0.1) is 0 Å². The van der Waals surface area contributed by atoms with Crippen LogP contribution in [0, 0.1) is 5.92 Å².